The zero-order valence-corrected chi connectivity index (χ0v) is 16.6. The Bertz CT molecular complexity index is 1020. The normalized spacial score (nSPS) is 26.6. The van der Waals surface area contributed by atoms with E-state index >= 15 is 0 Å². The minimum Gasteiger partial charge on any atom is -0.299 e. The standard InChI is InChI=1S/C25H26N2O/c1-17-21-14-13-20-23(18-9-5-3-6-10-18)26-27(2)24(20)25(21,16-15-22(17)28)19-11-7-4-8-12-19/h3-12,17,21H,13-16H2,1-2H3. The highest BCUT2D eigenvalue weighted by atomic mass is 16.1. The van der Waals surface area contributed by atoms with Crippen molar-refractivity contribution >= 4 is 5.78 Å². The van der Waals surface area contributed by atoms with E-state index in [1.165, 1.54) is 22.4 Å². The summed E-state index contributed by atoms with van der Waals surface area (Å²) in [5.74, 6) is 0.852. The van der Waals surface area contributed by atoms with Gasteiger partial charge in [-0.15, -0.1) is 0 Å². The van der Waals surface area contributed by atoms with Crippen molar-refractivity contribution in [1.82, 2.24) is 9.78 Å². The van der Waals surface area contributed by atoms with Gasteiger partial charge in [0.05, 0.1) is 11.4 Å². The summed E-state index contributed by atoms with van der Waals surface area (Å²) < 4.78 is 2.11. The number of aryl methyl sites for hydroxylation is 1. The number of nitrogens with zero attached hydrogens (tertiary/aromatic N) is 2. The first-order chi connectivity index (χ1) is 13.6. The molecule has 2 aromatic carbocycles. The number of fused-ring (bicyclic) bond motifs is 3. The Hall–Kier alpha value is -2.68. The van der Waals surface area contributed by atoms with Crippen molar-refractivity contribution in [2.75, 3.05) is 0 Å². The van der Waals surface area contributed by atoms with Crippen LogP contribution in [0.3, 0.4) is 0 Å². The average molecular weight is 370 g/mol. The predicted molar refractivity (Wildman–Crippen MR) is 111 cm³/mol. The summed E-state index contributed by atoms with van der Waals surface area (Å²) in [5.41, 5.74) is 6.19. The van der Waals surface area contributed by atoms with Crippen molar-refractivity contribution in [2.24, 2.45) is 18.9 Å². The molecule has 0 bridgehead atoms. The van der Waals surface area contributed by atoms with E-state index in [4.69, 9.17) is 5.10 Å². The molecule has 1 aromatic heterocycles. The molecule has 0 spiro atoms. The van der Waals surface area contributed by atoms with Crippen LogP contribution in [-0.2, 0) is 23.7 Å². The lowest BCUT2D eigenvalue weighted by atomic mass is 9.53. The molecule has 1 heterocycles. The van der Waals surface area contributed by atoms with Gasteiger partial charge < -0.3 is 0 Å². The van der Waals surface area contributed by atoms with Gasteiger partial charge in [0.1, 0.15) is 5.78 Å². The first-order valence-corrected chi connectivity index (χ1v) is 10.3. The van der Waals surface area contributed by atoms with Gasteiger partial charge in [-0.25, -0.2) is 0 Å². The number of hydrogen-bond acceptors (Lipinski definition) is 2. The van der Waals surface area contributed by atoms with Crippen molar-refractivity contribution in [3.05, 3.63) is 77.5 Å². The molecule has 0 radical (unpaired) electrons. The molecule has 3 heteroatoms. The van der Waals surface area contributed by atoms with Gasteiger partial charge in [-0.3, -0.25) is 9.48 Å². The molecule has 3 atom stereocenters. The molecule has 3 nitrogen and oxygen atoms in total. The molecule has 3 unspecified atom stereocenters. The Morgan fingerprint density at radius 2 is 1.68 bits per heavy atom. The molecule has 0 saturated heterocycles. The predicted octanol–water partition coefficient (Wildman–Crippen LogP) is 4.93. The Morgan fingerprint density at radius 1 is 1.00 bits per heavy atom. The molecular formula is C25H26N2O. The maximum Gasteiger partial charge on any atom is 0.136 e. The van der Waals surface area contributed by atoms with Crippen LogP contribution < -0.4 is 0 Å². The molecular weight excluding hydrogens is 344 g/mol. The number of aromatic nitrogens is 2. The van der Waals surface area contributed by atoms with Crippen LogP contribution in [0.5, 0.6) is 0 Å². The summed E-state index contributed by atoms with van der Waals surface area (Å²) in [6, 6.07) is 21.3. The summed E-state index contributed by atoms with van der Waals surface area (Å²) in [5, 5.41) is 5.00. The Balaban J connectivity index is 1.78. The molecule has 142 valence electrons. The maximum atomic E-state index is 12.6. The minimum absolute atomic E-state index is 0.0946. The fraction of sp³-hybridized carbons (Fsp3) is 0.360. The smallest absolute Gasteiger partial charge is 0.136 e. The molecule has 0 amide bonds. The lowest BCUT2D eigenvalue weighted by Gasteiger charge is -2.50. The first-order valence-electron chi connectivity index (χ1n) is 10.3. The number of hydrogen-bond donors (Lipinski definition) is 0. The number of benzene rings is 2. The van der Waals surface area contributed by atoms with Crippen molar-refractivity contribution in [1.29, 1.82) is 0 Å². The molecule has 2 aliphatic carbocycles. The Labute approximate surface area is 166 Å². The molecule has 5 rings (SSSR count). The first kappa shape index (κ1) is 17.4. The highest BCUT2D eigenvalue weighted by Gasteiger charge is 2.54. The average Bonchev–Trinajstić information content (AvgIpc) is 3.09. The van der Waals surface area contributed by atoms with Crippen molar-refractivity contribution < 1.29 is 4.79 Å². The number of carbonyl (C=O) groups excluding carboxylic acids is 1. The summed E-state index contributed by atoms with van der Waals surface area (Å²) in [6.07, 6.45) is 3.56. The number of ketones is 1. The van der Waals surface area contributed by atoms with Crippen LogP contribution in [0.25, 0.3) is 11.3 Å². The highest BCUT2D eigenvalue weighted by molar-refractivity contribution is 5.83. The summed E-state index contributed by atoms with van der Waals surface area (Å²) >= 11 is 0. The third-order valence-corrected chi connectivity index (χ3v) is 7.12. The molecule has 3 aromatic rings. The number of rotatable bonds is 2. The van der Waals surface area contributed by atoms with Crippen LogP contribution in [0.2, 0.25) is 0 Å². The molecule has 0 N–H and O–H groups in total. The van der Waals surface area contributed by atoms with Gasteiger partial charge in [-0.1, -0.05) is 67.6 Å². The quantitative estimate of drug-likeness (QED) is 0.641. The van der Waals surface area contributed by atoms with Crippen LogP contribution in [0, 0.1) is 11.8 Å². The third-order valence-electron chi connectivity index (χ3n) is 7.12. The van der Waals surface area contributed by atoms with Gasteiger partial charge in [-0.2, -0.15) is 5.10 Å². The maximum absolute atomic E-state index is 12.6. The summed E-state index contributed by atoms with van der Waals surface area (Å²) in [7, 11) is 2.08. The molecule has 1 fully saturated rings. The molecule has 28 heavy (non-hydrogen) atoms. The van der Waals surface area contributed by atoms with Crippen LogP contribution in [0.15, 0.2) is 60.7 Å². The Kier molecular flexibility index (Phi) is 4.01. The van der Waals surface area contributed by atoms with Crippen molar-refractivity contribution in [2.45, 2.75) is 38.0 Å². The van der Waals surface area contributed by atoms with Gasteiger partial charge in [0, 0.05) is 35.9 Å². The SMILES string of the molecule is CC1C(=O)CCC2(c3ccccc3)c3c(c(-c4ccccc4)nn3C)CCC12. The van der Waals surface area contributed by atoms with Crippen LogP contribution in [-0.4, -0.2) is 15.6 Å². The van der Waals surface area contributed by atoms with Crippen LogP contribution in [0.4, 0.5) is 0 Å². The molecule has 1 saturated carbocycles. The van der Waals surface area contributed by atoms with Gasteiger partial charge >= 0.3 is 0 Å². The largest absolute Gasteiger partial charge is 0.299 e. The highest BCUT2D eigenvalue weighted by Crippen LogP contribution is 2.56. The number of carbonyl (C=O) groups is 1. The van der Waals surface area contributed by atoms with E-state index in [-0.39, 0.29) is 11.3 Å². The Morgan fingerprint density at radius 3 is 2.39 bits per heavy atom. The van der Waals surface area contributed by atoms with E-state index in [0.29, 0.717) is 18.1 Å². The van der Waals surface area contributed by atoms with E-state index in [2.05, 4.69) is 79.3 Å². The van der Waals surface area contributed by atoms with Gasteiger partial charge in [0.25, 0.3) is 0 Å². The van der Waals surface area contributed by atoms with Crippen molar-refractivity contribution in [3.63, 3.8) is 0 Å². The summed E-state index contributed by atoms with van der Waals surface area (Å²) in [4.78, 5) is 12.6. The topological polar surface area (TPSA) is 34.9 Å². The van der Waals surface area contributed by atoms with Gasteiger partial charge in [0.15, 0.2) is 0 Å². The van der Waals surface area contributed by atoms with E-state index in [1.54, 1.807) is 0 Å². The van der Waals surface area contributed by atoms with E-state index in [1.807, 2.05) is 0 Å². The van der Waals surface area contributed by atoms with E-state index in [0.717, 1.165) is 25.0 Å². The van der Waals surface area contributed by atoms with Crippen LogP contribution in [0.1, 0.15) is 43.0 Å². The second kappa shape index (κ2) is 6.44. The fourth-order valence-electron chi connectivity index (χ4n) is 5.90. The van der Waals surface area contributed by atoms with Gasteiger partial charge in [0.2, 0.25) is 0 Å². The number of Topliss-reactive ketones (excluding diaryl/α,β-unsaturated/α-hetero) is 1. The molecule has 0 aliphatic heterocycles. The second-order valence-corrected chi connectivity index (χ2v) is 8.40. The minimum atomic E-state index is -0.128. The second-order valence-electron chi connectivity index (χ2n) is 8.40. The van der Waals surface area contributed by atoms with Gasteiger partial charge in [-0.05, 0) is 30.7 Å². The van der Waals surface area contributed by atoms with Crippen molar-refractivity contribution in [3.8, 4) is 11.3 Å². The lowest BCUT2D eigenvalue weighted by Crippen LogP contribution is -2.50. The zero-order valence-electron chi connectivity index (χ0n) is 16.6. The zero-order chi connectivity index (χ0) is 19.3. The summed E-state index contributed by atoms with van der Waals surface area (Å²) in [6.45, 7) is 2.14. The van der Waals surface area contributed by atoms with Crippen LogP contribution >= 0.6 is 0 Å². The van der Waals surface area contributed by atoms with E-state index in [9.17, 15) is 4.79 Å². The van der Waals surface area contributed by atoms with E-state index < -0.39 is 0 Å². The molecule has 2 aliphatic rings. The monoisotopic (exact) mass is 370 g/mol. The lowest BCUT2D eigenvalue weighted by molar-refractivity contribution is -0.128. The fourth-order valence-corrected chi connectivity index (χ4v) is 5.90. The third kappa shape index (κ3) is 2.35.